The third-order valence-corrected chi connectivity index (χ3v) is 5.21. The van der Waals surface area contributed by atoms with E-state index in [1.54, 1.807) is 0 Å². The molecule has 1 atom stereocenters. The maximum atomic E-state index is 12.1. The number of hydrogen-bond donors (Lipinski definition) is 1. The maximum absolute atomic E-state index is 12.1. The Morgan fingerprint density at radius 1 is 1.21 bits per heavy atom. The summed E-state index contributed by atoms with van der Waals surface area (Å²) >= 11 is 0. The number of carbonyl (C=O) groups excluding carboxylic acids is 1. The lowest BCUT2D eigenvalue weighted by atomic mass is 9.90. The van der Waals surface area contributed by atoms with E-state index in [-0.39, 0.29) is 12.4 Å². The molecule has 28 heavy (non-hydrogen) atoms. The Labute approximate surface area is 164 Å². The molecule has 0 fully saturated rings. The third kappa shape index (κ3) is 3.62. The highest BCUT2D eigenvalue weighted by Crippen LogP contribution is 2.40. The Balaban J connectivity index is 1.61. The van der Waals surface area contributed by atoms with Crippen LogP contribution in [0.4, 0.5) is 0 Å². The van der Waals surface area contributed by atoms with Gasteiger partial charge in [0.15, 0.2) is 0 Å². The SMILES string of the molecule is CCOC(=O)CC1(C)OCCc2c1[nH]c1ccc(OCc3ccccc3)cc21. The number of benzene rings is 2. The molecule has 0 saturated heterocycles. The van der Waals surface area contributed by atoms with Crippen molar-refractivity contribution < 1.29 is 19.0 Å². The Morgan fingerprint density at radius 3 is 2.82 bits per heavy atom. The van der Waals surface area contributed by atoms with E-state index in [1.165, 1.54) is 5.56 Å². The molecule has 4 rings (SSSR count). The number of hydrogen-bond acceptors (Lipinski definition) is 4. The number of H-pyrrole nitrogens is 1. The molecule has 0 amide bonds. The van der Waals surface area contributed by atoms with Gasteiger partial charge in [-0.1, -0.05) is 30.3 Å². The molecule has 1 unspecified atom stereocenters. The van der Waals surface area contributed by atoms with Crippen LogP contribution in [0.25, 0.3) is 10.9 Å². The molecule has 1 aromatic heterocycles. The van der Waals surface area contributed by atoms with E-state index >= 15 is 0 Å². The van der Waals surface area contributed by atoms with Gasteiger partial charge in [-0.2, -0.15) is 0 Å². The van der Waals surface area contributed by atoms with E-state index in [0.29, 0.717) is 19.8 Å². The van der Waals surface area contributed by atoms with E-state index in [0.717, 1.165) is 34.3 Å². The number of nitrogens with one attached hydrogen (secondary N) is 1. The maximum Gasteiger partial charge on any atom is 0.309 e. The van der Waals surface area contributed by atoms with Gasteiger partial charge in [0.25, 0.3) is 0 Å². The third-order valence-electron chi connectivity index (χ3n) is 5.21. The van der Waals surface area contributed by atoms with Crippen molar-refractivity contribution in [3.8, 4) is 5.75 Å². The predicted octanol–water partition coefficient (Wildman–Crippen LogP) is 4.49. The summed E-state index contributed by atoms with van der Waals surface area (Å²) < 4.78 is 17.1. The van der Waals surface area contributed by atoms with Crippen LogP contribution in [0.3, 0.4) is 0 Å². The van der Waals surface area contributed by atoms with Crippen LogP contribution in [0.5, 0.6) is 5.75 Å². The summed E-state index contributed by atoms with van der Waals surface area (Å²) in [6, 6.07) is 16.2. The number of rotatable bonds is 6. The van der Waals surface area contributed by atoms with Gasteiger partial charge in [-0.3, -0.25) is 4.79 Å². The second kappa shape index (κ2) is 7.68. The van der Waals surface area contributed by atoms with Crippen molar-refractivity contribution in [1.29, 1.82) is 0 Å². The molecular formula is C23H25NO4. The Bertz CT molecular complexity index is 979. The summed E-state index contributed by atoms with van der Waals surface area (Å²) in [5.74, 6) is 0.583. The molecule has 146 valence electrons. The van der Waals surface area contributed by atoms with Crippen LogP contribution in [0.2, 0.25) is 0 Å². The average Bonchev–Trinajstić information content (AvgIpc) is 3.07. The molecule has 3 aromatic rings. The lowest BCUT2D eigenvalue weighted by molar-refractivity contribution is -0.152. The van der Waals surface area contributed by atoms with Gasteiger partial charge in [0.2, 0.25) is 0 Å². The van der Waals surface area contributed by atoms with Gasteiger partial charge in [-0.15, -0.1) is 0 Å². The summed E-state index contributed by atoms with van der Waals surface area (Å²) in [7, 11) is 0. The summed E-state index contributed by atoms with van der Waals surface area (Å²) in [6.07, 6.45) is 0.994. The lowest BCUT2D eigenvalue weighted by Gasteiger charge is -2.33. The van der Waals surface area contributed by atoms with Crippen LogP contribution in [-0.4, -0.2) is 24.2 Å². The molecule has 0 spiro atoms. The predicted molar refractivity (Wildman–Crippen MR) is 107 cm³/mol. The van der Waals surface area contributed by atoms with Crippen molar-refractivity contribution in [2.75, 3.05) is 13.2 Å². The van der Waals surface area contributed by atoms with Crippen molar-refractivity contribution in [2.45, 2.75) is 38.9 Å². The van der Waals surface area contributed by atoms with E-state index in [1.807, 2.05) is 44.2 Å². The van der Waals surface area contributed by atoms with Crippen molar-refractivity contribution >= 4 is 16.9 Å². The molecule has 5 nitrogen and oxygen atoms in total. The second-order valence-electron chi connectivity index (χ2n) is 7.27. The molecule has 2 aromatic carbocycles. The highest BCUT2D eigenvalue weighted by atomic mass is 16.5. The molecule has 0 bridgehead atoms. The monoisotopic (exact) mass is 379 g/mol. The largest absolute Gasteiger partial charge is 0.489 e. The van der Waals surface area contributed by atoms with Gasteiger partial charge < -0.3 is 19.2 Å². The van der Waals surface area contributed by atoms with Crippen LogP contribution in [-0.2, 0) is 32.9 Å². The average molecular weight is 379 g/mol. The molecule has 1 aliphatic heterocycles. The van der Waals surface area contributed by atoms with E-state index in [2.05, 4.69) is 23.2 Å². The van der Waals surface area contributed by atoms with Gasteiger partial charge in [0, 0.05) is 10.9 Å². The topological polar surface area (TPSA) is 60.5 Å². The van der Waals surface area contributed by atoms with E-state index in [9.17, 15) is 4.79 Å². The van der Waals surface area contributed by atoms with Crippen molar-refractivity contribution in [1.82, 2.24) is 4.98 Å². The zero-order chi connectivity index (χ0) is 19.6. The Morgan fingerprint density at radius 2 is 2.04 bits per heavy atom. The van der Waals surface area contributed by atoms with Crippen LogP contribution in [0, 0.1) is 0 Å². The first-order chi connectivity index (χ1) is 13.6. The molecule has 0 radical (unpaired) electrons. The lowest BCUT2D eigenvalue weighted by Crippen LogP contribution is -2.35. The number of ether oxygens (including phenoxy) is 3. The molecule has 5 heteroatoms. The smallest absolute Gasteiger partial charge is 0.309 e. The summed E-state index contributed by atoms with van der Waals surface area (Å²) in [5.41, 5.74) is 3.61. The minimum Gasteiger partial charge on any atom is -0.489 e. The minimum atomic E-state index is -0.704. The number of aromatic amines is 1. The normalized spacial score (nSPS) is 18.6. The van der Waals surface area contributed by atoms with E-state index < -0.39 is 5.60 Å². The second-order valence-corrected chi connectivity index (χ2v) is 7.27. The molecule has 1 N–H and O–H groups in total. The summed E-state index contributed by atoms with van der Waals surface area (Å²) in [4.78, 5) is 15.5. The fraction of sp³-hybridized carbons (Fsp3) is 0.348. The van der Waals surface area contributed by atoms with Crippen molar-refractivity contribution in [3.05, 3.63) is 65.4 Å². The van der Waals surface area contributed by atoms with Crippen LogP contribution >= 0.6 is 0 Å². The molecule has 1 aliphatic rings. The number of esters is 1. The fourth-order valence-corrected chi connectivity index (χ4v) is 3.85. The van der Waals surface area contributed by atoms with Crippen LogP contribution < -0.4 is 4.74 Å². The van der Waals surface area contributed by atoms with Crippen molar-refractivity contribution in [3.63, 3.8) is 0 Å². The first-order valence-corrected chi connectivity index (χ1v) is 9.70. The van der Waals surface area contributed by atoms with Gasteiger partial charge in [0.1, 0.15) is 18.0 Å². The first-order valence-electron chi connectivity index (χ1n) is 9.70. The minimum absolute atomic E-state index is 0.192. The van der Waals surface area contributed by atoms with E-state index in [4.69, 9.17) is 14.2 Å². The summed E-state index contributed by atoms with van der Waals surface area (Å²) in [6.45, 7) is 5.24. The highest BCUT2D eigenvalue weighted by Gasteiger charge is 2.38. The zero-order valence-electron chi connectivity index (χ0n) is 16.3. The zero-order valence-corrected chi connectivity index (χ0v) is 16.3. The number of fused-ring (bicyclic) bond motifs is 3. The van der Waals surface area contributed by atoms with Gasteiger partial charge in [-0.05, 0) is 49.6 Å². The number of carbonyl (C=O) groups is 1. The molecule has 0 aliphatic carbocycles. The molecule has 0 saturated carbocycles. The highest BCUT2D eigenvalue weighted by molar-refractivity contribution is 5.87. The molecular weight excluding hydrogens is 354 g/mol. The van der Waals surface area contributed by atoms with Crippen LogP contribution in [0.1, 0.15) is 37.1 Å². The van der Waals surface area contributed by atoms with Gasteiger partial charge >= 0.3 is 5.97 Å². The van der Waals surface area contributed by atoms with Gasteiger partial charge in [-0.25, -0.2) is 0 Å². The molecule has 2 heterocycles. The summed E-state index contributed by atoms with van der Waals surface area (Å²) in [5, 5.41) is 1.12. The van der Waals surface area contributed by atoms with Gasteiger partial charge in [0.05, 0.1) is 25.3 Å². The standard InChI is InChI=1S/C23H25NO4/c1-3-26-21(25)14-23(2)22-18(11-12-28-23)19-13-17(9-10-20(19)24-22)27-15-16-7-5-4-6-8-16/h4-10,13,24H,3,11-12,14-15H2,1-2H3. The number of aromatic nitrogens is 1. The quantitative estimate of drug-likeness (QED) is 0.641. The van der Waals surface area contributed by atoms with Crippen molar-refractivity contribution in [2.24, 2.45) is 0 Å². The Hall–Kier alpha value is -2.79. The Kier molecular flexibility index (Phi) is 5.09. The first kappa shape index (κ1) is 18.6. The fourth-order valence-electron chi connectivity index (χ4n) is 3.85. The van der Waals surface area contributed by atoms with Crippen LogP contribution in [0.15, 0.2) is 48.5 Å².